The van der Waals surface area contributed by atoms with Crippen LogP contribution in [-0.4, -0.2) is 29.9 Å². The molecular weight excluding hydrogens is 372 g/mol. The molecule has 0 spiro atoms. The van der Waals surface area contributed by atoms with E-state index in [2.05, 4.69) is 6.92 Å². The van der Waals surface area contributed by atoms with Crippen LogP contribution < -0.4 is 0 Å². The normalized spacial score (nSPS) is 13.1. The molecule has 2 N–H and O–H groups in total. The lowest BCUT2D eigenvalue weighted by molar-refractivity contribution is 0.282. The molecule has 0 aromatic rings. The summed E-state index contributed by atoms with van der Waals surface area (Å²) in [6.45, 7) is 2.53. The Labute approximate surface area is 175 Å². The highest BCUT2D eigenvalue weighted by molar-refractivity contribution is 7.86. The number of aliphatic hydroxyl groups excluding tert-OH is 1. The molecule has 0 saturated carbocycles. The second kappa shape index (κ2) is 20.2. The van der Waals surface area contributed by atoms with Crippen molar-refractivity contribution >= 4 is 10.1 Å². The Kier molecular flexibility index (Phi) is 20.1. The van der Waals surface area contributed by atoms with Gasteiger partial charge >= 0.3 is 0 Å². The Morgan fingerprint density at radius 1 is 0.571 bits per heavy atom. The van der Waals surface area contributed by atoms with E-state index in [4.69, 9.17) is 5.11 Å². The van der Waals surface area contributed by atoms with Crippen molar-refractivity contribution in [2.24, 2.45) is 0 Å². The predicted molar refractivity (Wildman–Crippen MR) is 120 cm³/mol. The van der Waals surface area contributed by atoms with E-state index in [0.29, 0.717) is 12.8 Å². The molecule has 5 heteroatoms. The molecule has 1 unspecified atom stereocenters. The molecule has 0 heterocycles. The Morgan fingerprint density at radius 2 is 0.893 bits per heavy atom. The topological polar surface area (TPSA) is 74.6 Å². The third-order valence-electron chi connectivity index (χ3n) is 5.74. The second-order valence-corrected chi connectivity index (χ2v) is 10.1. The van der Waals surface area contributed by atoms with Crippen molar-refractivity contribution in [3.8, 4) is 0 Å². The molecule has 0 fully saturated rings. The summed E-state index contributed by atoms with van der Waals surface area (Å²) < 4.78 is 32.7. The number of hydrogen-bond acceptors (Lipinski definition) is 3. The van der Waals surface area contributed by atoms with Crippen LogP contribution in [0.5, 0.6) is 0 Å². The van der Waals surface area contributed by atoms with Crippen LogP contribution in [-0.2, 0) is 10.1 Å². The van der Waals surface area contributed by atoms with Gasteiger partial charge in [-0.25, -0.2) is 0 Å². The molecule has 0 bridgehead atoms. The zero-order chi connectivity index (χ0) is 20.9. The quantitative estimate of drug-likeness (QED) is 0.145. The predicted octanol–water partition coefficient (Wildman–Crippen LogP) is 7.06. The first-order valence-electron chi connectivity index (χ1n) is 12.1. The van der Waals surface area contributed by atoms with Crippen LogP contribution in [0, 0.1) is 0 Å². The Hall–Kier alpha value is -0.130. The van der Waals surface area contributed by atoms with Crippen LogP contribution in [0.2, 0.25) is 0 Å². The number of unbranched alkanes of at least 4 members (excludes halogenated alkanes) is 16. The summed E-state index contributed by atoms with van der Waals surface area (Å²) in [6, 6.07) is 0. The van der Waals surface area contributed by atoms with Gasteiger partial charge in [-0.05, 0) is 19.3 Å². The highest BCUT2D eigenvalue weighted by Crippen LogP contribution is 2.19. The van der Waals surface area contributed by atoms with Gasteiger partial charge in [0.1, 0.15) is 0 Å². The Bertz CT molecular complexity index is 409. The van der Waals surface area contributed by atoms with Gasteiger partial charge in [-0.15, -0.1) is 0 Å². The van der Waals surface area contributed by atoms with Crippen molar-refractivity contribution in [2.45, 2.75) is 141 Å². The van der Waals surface area contributed by atoms with Gasteiger partial charge in [-0.3, -0.25) is 4.55 Å². The van der Waals surface area contributed by atoms with E-state index < -0.39 is 15.4 Å². The van der Waals surface area contributed by atoms with Crippen LogP contribution >= 0.6 is 0 Å². The maximum Gasteiger partial charge on any atom is 0.267 e. The van der Waals surface area contributed by atoms with Gasteiger partial charge in [0.15, 0.2) is 0 Å². The summed E-state index contributed by atoms with van der Waals surface area (Å²) in [4.78, 5) is 0. The van der Waals surface area contributed by atoms with Gasteiger partial charge in [0, 0.05) is 6.61 Å². The van der Waals surface area contributed by atoms with Crippen LogP contribution in [0.25, 0.3) is 0 Å². The monoisotopic (exact) mass is 420 g/mol. The van der Waals surface area contributed by atoms with Crippen molar-refractivity contribution in [1.82, 2.24) is 0 Å². The lowest BCUT2D eigenvalue weighted by Crippen LogP contribution is -2.20. The first kappa shape index (κ1) is 27.9. The lowest BCUT2D eigenvalue weighted by atomic mass is 10.0. The summed E-state index contributed by atoms with van der Waals surface area (Å²) in [6.07, 6.45) is 22.2. The minimum absolute atomic E-state index is 0.288. The molecule has 28 heavy (non-hydrogen) atoms. The van der Waals surface area contributed by atoms with Crippen LogP contribution in [0.4, 0.5) is 0 Å². The number of rotatable bonds is 22. The molecule has 0 rings (SSSR count). The summed E-state index contributed by atoms with van der Waals surface area (Å²) in [5, 5.41) is 8.17. The maximum absolute atomic E-state index is 11.6. The van der Waals surface area contributed by atoms with Crippen molar-refractivity contribution in [2.75, 3.05) is 6.61 Å². The van der Waals surface area contributed by atoms with Crippen LogP contribution in [0.3, 0.4) is 0 Å². The molecule has 0 aromatic carbocycles. The Balaban J connectivity index is 3.65. The molecular formula is C23H48O4S. The zero-order valence-electron chi connectivity index (χ0n) is 18.5. The van der Waals surface area contributed by atoms with Gasteiger partial charge in [0.2, 0.25) is 0 Å². The van der Waals surface area contributed by atoms with Gasteiger partial charge in [0.25, 0.3) is 10.1 Å². The van der Waals surface area contributed by atoms with Crippen molar-refractivity contribution in [3.05, 3.63) is 0 Å². The fraction of sp³-hybridized carbons (Fsp3) is 1.00. The van der Waals surface area contributed by atoms with Crippen molar-refractivity contribution < 1.29 is 18.1 Å². The molecule has 0 radical (unpaired) electrons. The molecule has 0 aromatic heterocycles. The second-order valence-electron chi connectivity index (χ2n) is 8.45. The molecule has 0 saturated heterocycles. The lowest BCUT2D eigenvalue weighted by Gasteiger charge is -2.13. The van der Waals surface area contributed by atoms with Crippen LogP contribution in [0.1, 0.15) is 135 Å². The summed E-state index contributed by atoms with van der Waals surface area (Å²) >= 11 is 0. The van der Waals surface area contributed by atoms with Crippen molar-refractivity contribution in [3.63, 3.8) is 0 Å². The molecule has 1 atom stereocenters. The van der Waals surface area contributed by atoms with Gasteiger partial charge < -0.3 is 5.11 Å². The summed E-state index contributed by atoms with van der Waals surface area (Å²) in [5.41, 5.74) is 0. The van der Waals surface area contributed by atoms with Gasteiger partial charge in [0.05, 0.1) is 5.25 Å². The fourth-order valence-corrected chi connectivity index (χ4v) is 4.78. The van der Waals surface area contributed by atoms with E-state index >= 15 is 0 Å². The summed E-state index contributed by atoms with van der Waals surface area (Å²) in [5.74, 6) is 0. The molecule has 4 nitrogen and oxygen atoms in total. The van der Waals surface area contributed by atoms with Gasteiger partial charge in [-0.1, -0.05) is 116 Å². The number of hydrogen-bond donors (Lipinski definition) is 2. The molecule has 0 amide bonds. The molecule has 170 valence electrons. The average Bonchev–Trinajstić information content (AvgIpc) is 2.65. The van der Waals surface area contributed by atoms with Crippen LogP contribution in [0.15, 0.2) is 0 Å². The van der Waals surface area contributed by atoms with E-state index in [9.17, 15) is 13.0 Å². The van der Waals surface area contributed by atoms with E-state index in [1.54, 1.807) is 0 Å². The Morgan fingerprint density at radius 3 is 1.21 bits per heavy atom. The minimum Gasteiger partial charge on any atom is -0.396 e. The smallest absolute Gasteiger partial charge is 0.267 e. The summed E-state index contributed by atoms with van der Waals surface area (Å²) in [7, 11) is -3.91. The molecule has 0 aliphatic carbocycles. The minimum atomic E-state index is -3.91. The third kappa shape index (κ3) is 19.2. The van der Waals surface area contributed by atoms with E-state index in [1.807, 2.05) is 0 Å². The van der Waals surface area contributed by atoms with Crippen molar-refractivity contribution in [1.29, 1.82) is 0 Å². The average molecular weight is 421 g/mol. The first-order chi connectivity index (χ1) is 13.5. The highest BCUT2D eigenvalue weighted by Gasteiger charge is 2.21. The zero-order valence-corrected chi connectivity index (χ0v) is 19.4. The first-order valence-corrected chi connectivity index (χ1v) is 13.6. The third-order valence-corrected chi connectivity index (χ3v) is 7.05. The van der Waals surface area contributed by atoms with E-state index in [0.717, 1.165) is 44.9 Å². The maximum atomic E-state index is 11.6. The standard InChI is InChI=1S/C23H48O4S/c1-2-3-4-5-6-7-8-11-14-17-20-23(28(25,26)27)21-18-15-12-9-10-13-16-19-22-24/h23-24H,2-22H2,1H3,(H,25,26,27). The molecule has 0 aliphatic heterocycles. The van der Waals surface area contributed by atoms with Gasteiger partial charge in [-0.2, -0.15) is 8.42 Å². The number of aliphatic hydroxyl groups is 1. The largest absolute Gasteiger partial charge is 0.396 e. The highest BCUT2D eigenvalue weighted by atomic mass is 32.2. The fourth-order valence-electron chi connectivity index (χ4n) is 3.85. The SMILES string of the molecule is CCCCCCCCCCCCC(CCCCCCCCCCO)S(=O)(=O)O. The van der Waals surface area contributed by atoms with E-state index in [-0.39, 0.29) is 6.61 Å². The van der Waals surface area contributed by atoms with E-state index in [1.165, 1.54) is 70.6 Å². The molecule has 0 aliphatic rings.